The summed E-state index contributed by atoms with van der Waals surface area (Å²) >= 11 is 6.97. The number of nitrogens with zero attached hydrogens (tertiary/aromatic N) is 2. The van der Waals surface area contributed by atoms with Gasteiger partial charge in [-0.3, -0.25) is 0 Å². The van der Waals surface area contributed by atoms with E-state index in [1.807, 2.05) is 0 Å². The summed E-state index contributed by atoms with van der Waals surface area (Å²) in [6.45, 7) is 15.7. The van der Waals surface area contributed by atoms with Gasteiger partial charge in [-0.25, -0.2) is 0 Å². The minimum absolute atomic E-state index is 0.0233. The Labute approximate surface area is 222 Å². The Balaban J connectivity index is 1.45. The average molecular weight is 498 g/mol. The largest absolute Gasteiger partial charge is 0.344 e. The molecule has 1 aliphatic carbocycles. The smallest absolute Gasteiger partial charge is 0.209 e. The van der Waals surface area contributed by atoms with Gasteiger partial charge < -0.3 is 4.90 Å². The Morgan fingerprint density at radius 3 is 2.28 bits per heavy atom. The Bertz CT molecular complexity index is 1360. The van der Waals surface area contributed by atoms with Crippen LogP contribution < -0.4 is 4.90 Å². The fourth-order valence-electron chi connectivity index (χ4n) is 6.33. The van der Waals surface area contributed by atoms with Crippen LogP contribution in [0.4, 0.5) is 11.4 Å². The lowest BCUT2D eigenvalue weighted by Crippen LogP contribution is -2.27. The minimum Gasteiger partial charge on any atom is -0.344 e. The third kappa shape index (κ3) is 3.82. The molecular weight excluding hydrogens is 460 g/mol. The van der Waals surface area contributed by atoms with E-state index in [1.54, 1.807) is 0 Å². The summed E-state index contributed by atoms with van der Waals surface area (Å²) in [4.78, 5) is 2.44. The Morgan fingerprint density at radius 2 is 1.56 bits per heavy atom. The summed E-state index contributed by atoms with van der Waals surface area (Å²) in [6, 6.07) is 17.6. The summed E-state index contributed by atoms with van der Waals surface area (Å²) in [5, 5.41) is 0.913. The number of fused-ring (bicyclic) bond motifs is 2. The predicted molar refractivity (Wildman–Crippen MR) is 155 cm³/mol. The monoisotopic (exact) mass is 497 g/mol. The van der Waals surface area contributed by atoms with Crippen LogP contribution in [0.5, 0.6) is 0 Å². The molecule has 0 saturated heterocycles. The number of likely N-dealkylation sites (N-methyl/N-ethyl adjacent to an activating group) is 1. The van der Waals surface area contributed by atoms with Gasteiger partial charge in [0.05, 0.1) is 5.41 Å². The van der Waals surface area contributed by atoms with E-state index in [9.17, 15) is 0 Å². The predicted octanol–water partition coefficient (Wildman–Crippen LogP) is 8.55. The molecule has 36 heavy (non-hydrogen) atoms. The van der Waals surface area contributed by atoms with Gasteiger partial charge in [0, 0.05) is 46.1 Å². The molecule has 2 nitrogen and oxygen atoms in total. The molecule has 5 rings (SSSR count). The van der Waals surface area contributed by atoms with E-state index in [0.717, 1.165) is 31.0 Å². The second-order valence-corrected chi connectivity index (χ2v) is 11.5. The number of halogens is 1. The topological polar surface area (TPSA) is 6.25 Å². The van der Waals surface area contributed by atoms with Crippen LogP contribution in [-0.4, -0.2) is 23.4 Å². The first-order valence-corrected chi connectivity index (χ1v) is 13.7. The van der Waals surface area contributed by atoms with E-state index < -0.39 is 0 Å². The SMILES string of the molecule is CCN1/C(=C/C=C2\CCC(/C=C/C3=[N+](CC)c4ccccc4C3(C)C)=C2Cl)C(C)(C)c2ccccc21. The van der Waals surface area contributed by atoms with Crippen molar-refractivity contribution < 1.29 is 4.58 Å². The molecule has 0 atom stereocenters. The van der Waals surface area contributed by atoms with Crippen molar-refractivity contribution in [1.29, 1.82) is 0 Å². The van der Waals surface area contributed by atoms with Crippen LogP contribution in [0.15, 0.2) is 94.7 Å². The normalized spacial score (nSPS) is 22.5. The Hall–Kier alpha value is -2.84. The molecule has 186 valence electrons. The van der Waals surface area contributed by atoms with Gasteiger partial charge in [0.15, 0.2) is 5.71 Å². The second kappa shape index (κ2) is 9.23. The van der Waals surface area contributed by atoms with Crippen LogP contribution in [0.1, 0.15) is 65.5 Å². The molecule has 0 radical (unpaired) electrons. The van der Waals surface area contributed by atoms with E-state index in [4.69, 9.17) is 11.6 Å². The molecule has 0 saturated carbocycles. The summed E-state index contributed by atoms with van der Waals surface area (Å²) in [7, 11) is 0. The van der Waals surface area contributed by atoms with Gasteiger partial charge >= 0.3 is 0 Å². The van der Waals surface area contributed by atoms with Crippen LogP contribution in [0, 0.1) is 0 Å². The lowest BCUT2D eigenvalue weighted by Gasteiger charge is -2.26. The minimum atomic E-state index is -0.0233. The van der Waals surface area contributed by atoms with Gasteiger partial charge in [-0.15, -0.1) is 0 Å². The molecule has 2 aromatic rings. The van der Waals surface area contributed by atoms with E-state index in [1.165, 1.54) is 45.1 Å². The first kappa shape index (κ1) is 24.8. The molecule has 3 heteroatoms. The van der Waals surface area contributed by atoms with Crippen molar-refractivity contribution in [3.63, 3.8) is 0 Å². The summed E-state index contributed by atoms with van der Waals surface area (Å²) in [5.74, 6) is 0. The molecule has 3 aliphatic rings. The number of anilines is 1. The van der Waals surface area contributed by atoms with Crippen LogP contribution in [0.2, 0.25) is 0 Å². The van der Waals surface area contributed by atoms with E-state index in [2.05, 4.69) is 124 Å². The molecule has 0 bridgehead atoms. The quantitative estimate of drug-likeness (QED) is 0.375. The molecule has 0 unspecified atom stereocenters. The number of rotatable bonds is 5. The highest BCUT2D eigenvalue weighted by Gasteiger charge is 2.43. The molecule has 2 aliphatic heterocycles. The summed E-state index contributed by atoms with van der Waals surface area (Å²) in [5.41, 5.74) is 10.5. The Morgan fingerprint density at radius 1 is 0.861 bits per heavy atom. The second-order valence-electron chi connectivity index (χ2n) is 11.1. The highest BCUT2D eigenvalue weighted by Crippen LogP contribution is 2.48. The van der Waals surface area contributed by atoms with Crippen LogP contribution in [0.25, 0.3) is 0 Å². The fraction of sp³-hybridized carbons (Fsp3) is 0.364. The highest BCUT2D eigenvalue weighted by atomic mass is 35.5. The summed E-state index contributed by atoms with van der Waals surface area (Å²) in [6.07, 6.45) is 11.1. The molecule has 0 amide bonds. The van der Waals surface area contributed by atoms with Gasteiger partial charge in [0.2, 0.25) is 5.69 Å². The first-order chi connectivity index (χ1) is 17.2. The number of hydrogen-bond donors (Lipinski definition) is 0. The van der Waals surface area contributed by atoms with E-state index >= 15 is 0 Å². The average Bonchev–Trinajstić information content (AvgIpc) is 3.41. The van der Waals surface area contributed by atoms with Gasteiger partial charge in [-0.2, -0.15) is 4.58 Å². The number of hydrogen-bond acceptors (Lipinski definition) is 1. The molecule has 2 heterocycles. The zero-order valence-electron chi connectivity index (χ0n) is 22.5. The fourth-order valence-corrected chi connectivity index (χ4v) is 6.65. The number of para-hydroxylation sites is 2. The van der Waals surface area contributed by atoms with Crippen molar-refractivity contribution in [2.75, 3.05) is 18.0 Å². The van der Waals surface area contributed by atoms with Crippen LogP contribution in [0.3, 0.4) is 0 Å². The zero-order chi connectivity index (χ0) is 25.7. The lowest BCUT2D eigenvalue weighted by molar-refractivity contribution is -0.433. The van der Waals surface area contributed by atoms with Crippen LogP contribution in [-0.2, 0) is 10.8 Å². The molecule has 0 aromatic heterocycles. The first-order valence-electron chi connectivity index (χ1n) is 13.3. The maximum Gasteiger partial charge on any atom is 0.209 e. The highest BCUT2D eigenvalue weighted by molar-refractivity contribution is 6.33. The number of benzene rings is 2. The van der Waals surface area contributed by atoms with Crippen molar-refractivity contribution in [2.45, 2.75) is 65.2 Å². The molecular formula is C33H38ClN2+. The van der Waals surface area contributed by atoms with Gasteiger partial charge in [-0.05, 0) is 69.4 Å². The zero-order valence-corrected chi connectivity index (χ0v) is 23.3. The maximum absolute atomic E-state index is 6.97. The van der Waals surface area contributed by atoms with Crippen molar-refractivity contribution in [3.8, 4) is 0 Å². The van der Waals surface area contributed by atoms with Gasteiger partial charge in [0.25, 0.3) is 0 Å². The van der Waals surface area contributed by atoms with Crippen LogP contribution >= 0.6 is 11.6 Å². The molecule has 0 N–H and O–H groups in total. The maximum atomic E-state index is 6.97. The standard InChI is InChI=1S/C33H38ClN2/c1-7-35-27-15-11-9-13-25(27)32(3,4)29(35)21-19-23-17-18-24(31(23)34)20-22-30-33(5,6)26-14-10-12-16-28(26)36(30)8-2/h9-16,19-22H,7-8,17-18H2,1-6H3/q+1. The van der Waals surface area contributed by atoms with E-state index in [-0.39, 0.29) is 10.8 Å². The molecule has 2 aromatic carbocycles. The lowest BCUT2D eigenvalue weighted by atomic mass is 9.81. The molecule has 0 spiro atoms. The number of allylic oxidation sites excluding steroid dienone is 8. The van der Waals surface area contributed by atoms with Gasteiger partial charge in [-0.1, -0.05) is 74.0 Å². The third-order valence-corrected chi connectivity index (χ3v) is 8.83. The third-order valence-electron chi connectivity index (χ3n) is 8.34. The molecule has 0 fully saturated rings. The van der Waals surface area contributed by atoms with Crippen molar-refractivity contribution in [1.82, 2.24) is 0 Å². The Kier molecular flexibility index (Phi) is 6.37. The summed E-state index contributed by atoms with van der Waals surface area (Å²) < 4.78 is 2.44. The van der Waals surface area contributed by atoms with Crippen molar-refractivity contribution in [3.05, 3.63) is 106 Å². The van der Waals surface area contributed by atoms with Crippen molar-refractivity contribution >= 4 is 28.7 Å². The van der Waals surface area contributed by atoms with Gasteiger partial charge in [0.1, 0.15) is 6.54 Å². The van der Waals surface area contributed by atoms with E-state index in [0.29, 0.717) is 0 Å². The van der Waals surface area contributed by atoms with Crippen molar-refractivity contribution in [2.24, 2.45) is 0 Å².